The summed E-state index contributed by atoms with van der Waals surface area (Å²) in [4.78, 5) is 28.2. The van der Waals surface area contributed by atoms with Gasteiger partial charge in [-0.25, -0.2) is 9.59 Å². The fraction of sp³-hybridized carbons (Fsp3) is 0.481. The van der Waals surface area contributed by atoms with Gasteiger partial charge >= 0.3 is 11.9 Å². The highest BCUT2D eigenvalue weighted by Gasteiger charge is 2.29. The lowest BCUT2D eigenvalue weighted by atomic mass is 9.93. The van der Waals surface area contributed by atoms with Crippen molar-refractivity contribution >= 4 is 17.6 Å². The number of hydrogen-bond donors (Lipinski definition) is 1. The van der Waals surface area contributed by atoms with Crippen molar-refractivity contribution in [1.29, 1.82) is 0 Å². The van der Waals surface area contributed by atoms with E-state index in [2.05, 4.69) is 23.8 Å². The molecule has 2 aromatic rings. The van der Waals surface area contributed by atoms with Crippen molar-refractivity contribution in [2.24, 2.45) is 5.92 Å². The second-order valence-electron chi connectivity index (χ2n) is 9.83. The van der Waals surface area contributed by atoms with Crippen molar-refractivity contribution < 1.29 is 24.2 Å². The van der Waals surface area contributed by atoms with Crippen molar-refractivity contribution in [2.75, 3.05) is 38.1 Å². The third-order valence-corrected chi connectivity index (χ3v) is 7.79. The SMILES string of the molecule is Cc1c([C@@H](O)CN2CCC(CN(C)c3ccc4c(c3C)COC4=O)CC2)ccc2c1COC2=O. The Kier molecular flexibility index (Phi) is 6.08. The van der Waals surface area contributed by atoms with E-state index in [0.717, 1.165) is 66.0 Å². The standard InChI is InChI=1S/C27H32N2O5/c1-16-19(4-5-20-22(16)14-33-26(20)31)25(30)13-29-10-8-18(9-11-29)12-28(3)24-7-6-21-23(17(24)2)15-34-27(21)32/h4-7,18,25,30H,8-15H2,1-3H3/t25-/m0/s1. The molecule has 0 unspecified atom stereocenters. The maximum absolute atomic E-state index is 11.8. The minimum Gasteiger partial charge on any atom is -0.457 e. The van der Waals surface area contributed by atoms with Crippen molar-refractivity contribution in [2.45, 2.75) is 46.0 Å². The third kappa shape index (κ3) is 4.07. The monoisotopic (exact) mass is 464 g/mol. The largest absolute Gasteiger partial charge is 0.457 e. The first kappa shape index (κ1) is 22.9. The molecule has 0 aliphatic carbocycles. The van der Waals surface area contributed by atoms with Crippen LogP contribution in [0.25, 0.3) is 0 Å². The number of benzene rings is 2. The number of piperidine rings is 1. The van der Waals surface area contributed by atoms with E-state index in [4.69, 9.17) is 9.47 Å². The molecule has 0 amide bonds. The van der Waals surface area contributed by atoms with Gasteiger partial charge in [-0.2, -0.15) is 0 Å². The minimum absolute atomic E-state index is 0.223. The Morgan fingerprint density at radius 1 is 0.971 bits per heavy atom. The van der Waals surface area contributed by atoms with Gasteiger partial charge in [0.2, 0.25) is 0 Å². The number of carbonyl (C=O) groups excluding carboxylic acids is 2. The summed E-state index contributed by atoms with van der Waals surface area (Å²) in [5.74, 6) is 0.0793. The molecule has 0 aromatic heterocycles. The smallest absolute Gasteiger partial charge is 0.338 e. The van der Waals surface area contributed by atoms with Crippen molar-refractivity contribution in [3.63, 3.8) is 0 Å². The molecular weight excluding hydrogens is 432 g/mol. The van der Waals surface area contributed by atoms with E-state index in [1.807, 2.05) is 25.1 Å². The average Bonchev–Trinajstić information content (AvgIpc) is 3.39. The zero-order valence-electron chi connectivity index (χ0n) is 20.1. The maximum Gasteiger partial charge on any atom is 0.338 e. The van der Waals surface area contributed by atoms with E-state index in [9.17, 15) is 14.7 Å². The highest BCUT2D eigenvalue weighted by molar-refractivity contribution is 5.95. The van der Waals surface area contributed by atoms with Crippen LogP contribution in [0.5, 0.6) is 0 Å². The Bertz CT molecular complexity index is 1050. The van der Waals surface area contributed by atoms with Crippen molar-refractivity contribution in [3.05, 3.63) is 63.2 Å². The van der Waals surface area contributed by atoms with E-state index in [0.29, 0.717) is 36.8 Å². The summed E-state index contributed by atoms with van der Waals surface area (Å²) in [6, 6.07) is 7.56. The normalized spacial score (nSPS) is 18.9. The van der Waals surface area contributed by atoms with Crippen LogP contribution in [0.1, 0.15) is 67.5 Å². The molecule has 5 rings (SSSR count). The molecule has 34 heavy (non-hydrogen) atoms. The van der Waals surface area contributed by atoms with Gasteiger partial charge in [0.15, 0.2) is 0 Å². The first-order valence-electron chi connectivity index (χ1n) is 12.0. The quantitative estimate of drug-likeness (QED) is 0.655. The van der Waals surface area contributed by atoms with Crippen molar-refractivity contribution in [3.8, 4) is 0 Å². The Hall–Kier alpha value is -2.90. The summed E-state index contributed by atoms with van der Waals surface area (Å²) in [6.07, 6.45) is 1.57. The fourth-order valence-corrected chi connectivity index (χ4v) is 5.66. The number of ether oxygens (including phenoxy) is 2. The zero-order valence-corrected chi connectivity index (χ0v) is 20.1. The maximum atomic E-state index is 11.8. The van der Waals surface area contributed by atoms with Crippen LogP contribution in [-0.2, 0) is 22.7 Å². The van der Waals surface area contributed by atoms with Crippen LogP contribution in [0, 0.1) is 19.8 Å². The van der Waals surface area contributed by atoms with Gasteiger partial charge in [0.05, 0.1) is 17.2 Å². The molecule has 1 fully saturated rings. The van der Waals surface area contributed by atoms with Gasteiger partial charge in [-0.1, -0.05) is 6.07 Å². The summed E-state index contributed by atoms with van der Waals surface area (Å²) in [7, 11) is 2.12. The van der Waals surface area contributed by atoms with Crippen LogP contribution in [0.2, 0.25) is 0 Å². The number of aliphatic hydroxyl groups excluding tert-OH is 1. The average molecular weight is 465 g/mol. The van der Waals surface area contributed by atoms with E-state index in [1.165, 1.54) is 0 Å². The summed E-state index contributed by atoms with van der Waals surface area (Å²) < 4.78 is 10.3. The van der Waals surface area contributed by atoms with Crippen LogP contribution in [0.15, 0.2) is 24.3 Å². The predicted molar refractivity (Wildman–Crippen MR) is 128 cm³/mol. The van der Waals surface area contributed by atoms with E-state index in [1.54, 1.807) is 6.07 Å². The summed E-state index contributed by atoms with van der Waals surface area (Å²) in [6.45, 7) is 8.16. The van der Waals surface area contributed by atoms with Crippen LogP contribution >= 0.6 is 0 Å². The number of anilines is 1. The van der Waals surface area contributed by atoms with Crippen LogP contribution in [0.4, 0.5) is 5.69 Å². The number of aliphatic hydroxyl groups is 1. The molecule has 7 nitrogen and oxygen atoms in total. The molecule has 0 radical (unpaired) electrons. The molecular formula is C27H32N2O5. The van der Waals surface area contributed by atoms with Crippen LogP contribution < -0.4 is 4.90 Å². The highest BCUT2D eigenvalue weighted by Crippen LogP contribution is 2.33. The molecule has 7 heteroatoms. The number of hydrogen-bond acceptors (Lipinski definition) is 7. The minimum atomic E-state index is -0.584. The first-order valence-corrected chi connectivity index (χ1v) is 12.0. The van der Waals surface area contributed by atoms with Gasteiger partial charge in [-0.05, 0) is 80.6 Å². The van der Waals surface area contributed by atoms with Gasteiger partial charge in [-0.3, -0.25) is 0 Å². The van der Waals surface area contributed by atoms with Gasteiger partial charge in [0.25, 0.3) is 0 Å². The molecule has 3 aliphatic rings. The fourth-order valence-electron chi connectivity index (χ4n) is 5.66. The first-order chi connectivity index (χ1) is 16.3. The Balaban J connectivity index is 1.16. The van der Waals surface area contributed by atoms with Crippen LogP contribution in [0.3, 0.4) is 0 Å². The number of likely N-dealkylation sites (tertiary alicyclic amines) is 1. The van der Waals surface area contributed by atoms with E-state index >= 15 is 0 Å². The summed E-state index contributed by atoms with van der Waals surface area (Å²) in [5, 5.41) is 10.9. The Morgan fingerprint density at radius 2 is 1.56 bits per heavy atom. The molecule has 2 aromatic carbocycles. The lowest BCUT2D eigenvalue weighted by Crippen LogP contribution is -2.39. The van der Waals surface area contributed by atoms with Gasteiger partial charge in [-0.15, -0.1) is 0 Å². The molecule has 0 spiro atoms. The summed E-state index contributed by atoms with van der Waals surface area (Å²) in [5.41, 5.74) is 7.36. The number of esters is 2. The predicted octanol–water partition coefficient (Wildman–Crippen LogP) is 3.53. The number of fused-ring (bicyclic) bond motifs is 2. The van der Waals surface area contributed by atoms with Gasteiger partial charge in [0.1, 0.15) is 13.2 Å². The molecule has 3 aliphatic heterocycles. The number of β-amino-alcohol motifs (C(OH)–C–C–N with tert-alkyl or cyclic N) is 1. The molecule has 0 saturated carbocycles. The highest BCUT2D eigenvalue weighted by atomic mass is 16.5. The Morgan fingerprint density at radius 3 is 2.21 bits per heavy atom. The third-order valence-electron chi connectivity index (χ3n) is 7.79. The lowest BCUT2D eigenvalue weighted by Gasteiger charge is -2.36. The van der Waals surface area contributed by atoms with Gasteiger partial charge in [0, 0.05) is 37.0 Å². The van der Waals surface area contributed by atoms with Gasteiger partial charge < -0.3 is 24.4 Å². The second-order valence-corrected chi connectivity index (χ2v) is 9.83. The Labute approximate surface area is 200 Å². The number of cyclic esters (lactones) is 2. The molecule has 1 atom stereocenters. The van der Waals surface area contributed by atoms with E-state index in [-0.39, 0.29) is 11.9 Å². The molecule has 1 saturated heterocycles. The molecule has 180 valence electrons. The lowest BCUT2D eigenvalue weighted by molar-refractivity contribution is 0.0526. The number of nitrogens with zero attached hydrogens (tertiary/aromatic N) is 2. The number of carbonyl (C=O) groups is 2. The zero-order chi connectivity index (χ0) is 24.0. The molecule has 1 N–H and O–H groups in total. The van der Waals surface area contributed by atoms with E-state index < -0.39 is 6.10 Å². The molecule has 0 bridgehead atoms. The second kappa shape index (κ2) is 9.04. The number of rotatable bonds is 6. The molecule has 3 heterocycles. The summed E-state index contributed by atoms with van der Waals surface area (Å²) >= 11 is 0. The van der Waals surface area contributed by atoms with Crippen LogP contribution in [-0.4, -0.2) is 55.2 Å². The topological polar surface area (TPSA) is 79.3 Å². The van der Waals surface area contributed by atoms with Crippen molar-refractivity contribution in [1.82, 2.24) is 4.90 Å².